The number of esters is 1. The van der Waals surface area contributed by atoms with Crippen molar-refractivity contribution in [3.8, 4) is 0 Å². The normalized spacial score (nSPS) is 11.5. The Morgan fingerprint density at radius 3 is 2.20 bits per heavy atom. The number of ether oxygens (including phenoxy) is 1. The van der Waals surface area contributed by atoms with E-state index in [0.29, 0.717) is 6.42 Å². The number of carbonyl (C=O) groups is 5. The van der Waals surface area contributed by atoms with E-state index in [1.165, 1.54) is 6.92 Å². The van der Waals surface area contributed by atoms with Gasteiger partial charge in [-0.15, -0.1) is 0 Å². The van der Waals surface area contributed by atoms with Gasteiger partial charge in [-0.3, -0.25) is 24.0 Å². The minimum atomic E-state index is -1.46. The molecule has 0 saturated carbocycles. The molecule has 20 heavy (non-hydrogen) atoms. The fourth-order valence-corrected chi connectivity index (χ4v) is 1.59. The summed E-state index contributed by atoms with van der Waals surface area (Å²) in [4.78, 5) is 55.5. The predicted molar refractivity (Wildman–Crippen MR) is 70.0 cm³/mol. The van der Waals surface area contributed by atoms with Gasteiger partial charge in [-0.1, -0.05) is 33.1 Å². The monoisotopic (exact) mass is 284 g/mol. The first-order chi connectivity index (χ1) is 9.49. The number of hydrogen-bond donors (Lipinski definition) is 0. The van der Waals surface area contributed by atoms with Crippen molar-refractivity contribution in [3.05, 3.63) is 0 Å². The molecule has 6 nitrogen and oxygen atoms in total. The molecule has 6 heteroatoms. The molecule has 0 bridgehead atoms. The first kappa shape index (κ1) is 18.1. The van der Waals surface area contributed by atoms with Gasteiger partial charge in [0.15, 0.2) is 6.29 Å². The molecule has 0 saturated heterocycles. The summed E-state index contributed by atoms with van der Waals surface area (Å²) in [5, 5.41) is 0. The maximum absolute atomic E-state index is 11.7. The number of unbranched alkanes of at least 4 members (excludes halogenated alkanes) is 3. The molecule has 0 rings (SSSR count). The van der Waals surface area contributed by atoms with E-state index in [0.717, 1.165) is 19.3 Å². The molecular weight excluding hydrogens is 264 g/mol. The summed E-state index contributed by atoms with van der Waals surface area (Å²) in [6.07, 6.45) is 3.49. The highest BCUT2D eigenvalue weighted by atomic mass is 16.5. The number of carbonyl (C=O) groups excluding carboxylic acids is 5. The van der Waals surface area contributed by atoms with Crippen LogP contribution in [0.5, 0.6) is 0 Å². The Kier molecular flexibility index (Phi) is 9.07. The van der Waals surface area contributed by atoms with Crippen molar-refractivity contribution in [2.24, 2.45) is 5.92 Å². The summed E-state index contributed by atoms with van der Waals surface area (Å²) in [6, 6.07) is 0. The van der Waals surface area contributed by atoms with Gasteiger partial charge in [0.1, 0.15) is 5.92 Å². The van der Waals surface area contributed by atoms with Gasteiger partial charge in [0.25, 0.3) is 11.6 Å². The van der Waals surface area contributed by atoms with Gasteiger partial charge < -0.3 is 4.74 Å². The fourth-order valence-electron chi connectivity index (χ4n) is 1.59. The van der Waals surface area contributed by atoms with Crippen LogP contribution >= 0.6 is 0 Å². The van der Waals surface area contributed by atoms with Gasteiger partial charge in [0, 0.05) is 0 Å². The molecular formula is C14H20O6. The summed E-state index contributed by atoms with van der Waals surface area (Å²) in [5.41, 5.74) is 0. The second-order valence-electron chi connectivity index (χ2n) is 4.36. The molecule has 0 heterocycles. The Labute approximate surface area is 117 Å². The van der Waals surface area contributed by atoms with Crippen LogP contribution in [0.2, 0.25) is 0 Å². The van der Waals surface area contributed by atoms with E-state index in [1.807, 2.05) is 6.92 Å². The quantitative estimate of drug-likeness (QED) is 0.185. The summed E-state index contributed by atoms with van der Waals surface area (Å²) in [5.74, 6) is -6.21. The largest absolute Gasteiger partial charge is 0.465 e. The highest BCUT2D eigenvalue weighted by Gasteiger charge is 2.34. The van der Waals surface area contributed by atoms with Crippen molar-refractivity contribution in [3.63, 3.8) is 0 Å². The standard InChI is InChI=1S/C14H20O6/c1-3-5-6-7-8-20-14(19)10(4-2)12(17)13(18)11(16)9-15/h9-10H,3-8H2,1-2H3. The average Bonchev–Trinajstić information content (AvgIpc) is 2.45. The number of aldehydes is 1. The van der Waals surface area contributed by atoms with Gasteiger partial charge in [-0.2, -0.15) is 0 Å². The van der Waals surface area contributed by atoms with Gasteiger partial charge >= 0.3 is 5.97 Å². The lowest BCUT2D eigenvalue weighted by atomic mass is 9.96. The molecule has 0 aliphatic heterocycles. The van der Waals surface area contributed by atoms with Crippen LogP contribution in [0.4, 0.5) is 0 Å². The maximum Gasteiger partial charge on any atom is 0.316 e. The van der Waals surface area contributed by atoms with Gasteiger partial charge in [-0.05, 0) is 12.8 Å². The SMILES string of the molecule is CCCCCCOC(=O)C(CC)C(=O)C(=O)C(=O)C=O. The second kappa shape index (κ2) is 10.00. The van der Waals surface area contributed by atoms with E-state index in [4.69, 9.17) is 4.74 Å². The van der Waals surface area contributed by atoms with E-state index in [9.17, 15) is 24.0 Å². The highest BCUT2D eigenvalue weighted by molar-refractivity contribution is 6.75. The van der Waals surface area contributed by atoms with Crippen LogP contribution in [0.25, 0.3) is 0 Å². The maximum atomic E-state index is 11.7. The van der Waals surface area contributed by atoms with Crippen molar-refractivity contribution in [2.45, 2.75) is 46.0 Å². The first-order valence-corrected chi connectivity index (χ1v) is 6.73. The molecule has 0 spiro atoms. The van der Waals surface area contributed by atoms with Crippen LogP contribution in [0.1, 0.15) is 46.0 Å². The molecule has 0 aliphatic carbocycles. The van der Waals surface area contributed by atoms with E-state index >= 15 is 0 Å². The molecule has 0 aromatic carbocycles. The molecule has 0 aliphatic rings. The van der Waals surface area contributed by atoms with Gasteiger partial charge in [0.05, 0.1) is 6.61 Å². The van der Waals surface area contributed by atoms with Crippen molar-refractivity contribution >= 4 is 29.6 Å². The first-order valence-electron chi connectivity index (χ1n) is 6.73. The van der Waals surface area contributed by atoms with Gasteiger partial charge in [0.2, 0.25) is 5.78 Å². The van der Waals surface area contributed by atoms with Crippen LogP contribution in [0.3, 0.4) is 0 Å². The van der Waals surface area contributed by atoms with E-state index < -0.39 is 29.2 Å². The number of rotatable bonds is 11. The molecule has 0 aromatic heterocycles. The topological polar surface area (TPSA) is 94.6 Å². The Balaban J connectivity index is 4.40. The summed E-state index contributed by atoms with van der Waals surface area (Å²) in [6.45, 7) is 3.76. The van der Waals surface area contributed by atoms with Crippen molar-refractivity contribution < 1.29 is 28.7 Å². The van der Waals surface area contributed by atoms with Crippen LogP contribution in [-0.4, -0.2) is 36.2 Å². The molecule has 1 atom stereocenters. The van der Waals surface area contributed by atoms with Gasteiger partial charge in [-0.25, -0.2) is 0 Å². The van der Waals surface area contributed by atoms with Crippen molar-refractivity contribution in [2.75, 3.05) is 6.61 Å². The number of hydrogen-bond acceptors (Lipinski definition) is 6. The van der Waals surface area contributed by atoms with Crippen LogP contribution in [-0.2, 0) is 28.7 Å². The lowest BCUT2D eigenvalue weighted by Crippen LogP contribution is -2.35. The molecule has 0 aromatic rings. The average molecular weight is 284 g/mol. The lowest BCUT2D eigenvalue weighted by Gasteiger charge is -2.11. The second-order valence-corrected chi connectivity index (χ2v) is 4.36. The fraction of sp³-hybridized carbons (Fsp3) is 0.643. The highest BCUT2D eigenvalue weighted by Crippen LogP contribution is 2.09. The van der Waals surface area contributed by atoms with E-state index in [1.54, 1.807) is 0 Å². The third-order valence-corrected chi connectivity index (χ3v) is 2.81. The Morgan fingerprint density at radius 2 is 1.70 bits per heavy atom. The predicted octanol–water partition coefficient (Wildman–Crippen LogP) is 1.04. The molecule has 0 fully saturated rings. The third kappa shape index (κ3) is 5.86. The minimum Gasteiger partial charge on any atom is -0.465 e. The molecule has 0 N–H and O–H groups in total. The Bertz CT molecular complexity index is 385. The number of ketones is 3. The van der Waals surface area contributed by atoms with Crippen LogP contribution in [0, 0.1) is 5.92 Å². The zero-order chi connectivity index (χ0) is 15.5. The van der Waals surface area contributed by atoms with Crippen molar-refractivity contribution in [1.82, 2.24) is 0 Å². The van der Waals surface area contributed by atoms with E-state index in [-0.39, 0.29) is 19.3 Å². The molecule has 0 radical (unpaired) electrons. The summed E-state index contributed by atoms with van der Waals surface area (Å²) < 4.78 is 4.91. The van der Waals surface area contributed by atoms with Crippen LogP contribution < -0.4 is 0 Å². The Hall–Kier alpha value is -1.85. The molecule has 112 valence electrons. The van der Waals surface area contributed by atoms with Crippen molar-refractivity contribution in [1.29, 1.82) is 0 Å². The minimum absolute atomic E-state index is 0.0461. The molecule has 1 unspecified atom stereocenters. The smallest absolute Gasteiger partial charge is 0.316 e. The lowest BCUT2D eigenvalue weighted by molar-refractivity contribution is -0.156. The van der Waals surface area contributed by atoms with Crippen LogP contribution in [0.15, 0.2) is 0 Å². The molecule has 0 amide bonds. The zero-order valence-electron chi connectivity index (χ0n) is 11.8. The number of Topliss-reactive ketones (excluding diaryl/α,β-unsaturated/α-hetero) is 3. The Morgan fingerprint density at radius 1 is 1.05 bits per heavy atom. The third-order valence-electron chi connectivity index (χ3n) is 2.81. The summed E-state index contributed by atoms with van der Waals surface area (Å²) >= 11 is 0. The van der Waals surface area contributed by atoms with E-state index in [2.05, 4.69) is 0 Å². The zero-order valence-corrected chi connectivity index (χ0v) is 11.8. The summed E-state index contributed by atoms with van der Waals surface area (Å²) in [7, 11) is 0.